The van der Waals surface area contributed by atoms with Crippen LogP contribution in [0.2, 0.25) is 0 Å². The van der Waals surface area contributed by atoms with Crippen LogP contribution in [0.25, 0.3) is 0 Å². The normalized spacial score (nSPS) is 22.2. The number of hydrogen-bond donors (Lipinski definition) is 0. The number of morpholine rings is 1. The number of amides is 1. The van der Waals surface area contributed by atoms with E-state index in [-0.39, 0.29) is 11.8 Å². The van der Waals surface area contributed by atoms with Gasteiger partial charge in [-0.2, -0.15) is 5.26 Å². The maximum Gasteiger partial charge on any atom is 0.227 e. The van der Waals surface area contributed by atoms with Crippen LogP contribution in [0.3, 0.4) is 0 Å². The van der Waals surface area contributed by atoms with E-state index in [2.05, 4.69) is 9.97 Å². The average Bonchev–Trinajstić information content (AvgIpc) is 2.62. The van der Waals surface area contributed by atoms with Crippen molar-refractivity contribution in [2.45, 2.75) is 12.8 Å². The van der Waals surface area contributed by atoms with Crippen molar-refractivity contribution in [2.24, 2.45) is 5.92 Å². The largest absolute Gasteiger partial charge is 0.378 e. The van der Waals surface area contributed by atoms with Crippen molar-refractivity contribution >= 4 is 11.9 Å². The fourth-order valence-corrected chi connectivity index (χ4v) is 2.97. The molecular weight excluding hydrogens is 282 g/mol. The minimum absolute atomic E-state index is 0.0267. The number of aromatic nitrogens is 2. The van der Waals surface area contributed by atoms with Gasteiger partial charge in [-0.3, -0.25) is 4.79 Å². The van der Waals surface area contributed by atoms with Gasteiger partial charge in [0.05, 0.1) is 19.1 Å². The van der Waals surface area contributed by atoms with Crippen LogP contribution in [0.4, 0.5) is 5.95 Å². The highest BCUT2D eigenvalue weighted by molar-refractivity contribution is 5.79. The van der Waals surface area contributed by atoms with Crippen molar-refractivity contribution in [2.75, 3.05) is 44.3 Å². The second-order valence-electron chi connectivity index (χ2n) is 5.58. The van der Waals surface area contributed by atoms with E-state index < -0.39 is 0 Å². The number of nitriles is 1. The van der Waals surface area contributed by atoms with Crippen LogP contribution in [-0.4, -0.2) is 60.2 Å². The Kier molecular flexibility index (Phi) is 4.49. The lowest BCUT2D eigenvalue weighted by molar-refractivity contribution is -0.139. The first-order valence-electron chi connectivity index (χ1n) is 7.62. The van der Waals surface area contributed by atoms with Crippen LogP contribution in [-0.2, 0) is 9.53 Å². The molecule has 2 saturated heterocycles. The molecule has 0 spiro atoms. The molecule has 2 fully saturated rings. The first-order valence-corrected chi connectivity index (χ1v) is 7.62. The summed E-state index contributed by atoms with van der Waals surface area (Å²) in [6, 6.07) is 3.61. The minimum atomic E-state index is -0.0267. The third kappa shape index (κ3) is 3.17. The Balaban J connectivity index is 1.68. The maximum absolute atomic E-state index is 12.6. The molecule has 1 amide bonds. The summed E-state index contributed by atoms with van der Waals surface area (Å²) in [5, 5.41) is 8.94. The second-order valence-corrected chi connectivity index (χ2v) is 5.58. The highest BCUT2D eigenvalue weighted by Crippen LogP contribution is 2.22. The number of carbonyl (C=O) groups is 1. The summed E-state index contributed by atoms with van der Waals surface area (Å²) < 4.78 is 5.30. The van der Waals surface area contributed by atoms with Gasteiger partial charge in [-0.05, 0) is 18.9 Å². The number of piperidine rings is 1. The topological polar surface area (TPSA) is 82.4 Å². The molecule has 0 saturated carbocycles. The fourth-order valence-electron chi connectivity index (χ4n) is 2.97. The van der Waals surface area contributed by atoms with Gasteiger partial charge < -0.3 is 14.5 Å². The molecule has 3 heterocycles. The van der Waals surface area contributed by atoms with Gasteiger partial charge in [-0.25, -0.2) is 9.97 Å². The van der Waals surface area contributed by atoms with E-state index in [1.807, 2.05) is 15.9 Å². The number of anilines is 1. The minimum Gasteiger partial charge on any atom is -0.378 e. The Labute approximate surface area is 129 Å². The summed E-state index contributed by atoms with van der Waals surface area (Å²) in [5.74, 6) is 0.712. The van der Waals surface area contributed by atoms with Gasteiger partial charge in [-0.1, -0.05) is 0 Å². The number of carbonyl (C=O) groups excluding carboxylic acids is 1. The van der Waals surface area contributed by atoms with Gasteiger partial charge in [0, 0.05) is 32.4 Å². The SMILES string of the molecule is N#Cc1ccnc(N2CCCC(C(=O)N3CCOCC3)C2)n1. The molecule has 0 aliphatic carbocycles. The molecule has 116 valence electrons. The van der Waals surface area contributed by atoms with Crippen LogP contribution >= 0.6 is 0 Å². The molecule has 1 aromatic heterocycles. The number of hydrogen-bond acceptors (Lipinski definition) is 6. The highest BCUT2D eigenvalue weighted by Gasteiger charge is 2.31. The Morgan fingerprint density at radius 1 is 1.36 bits per heavy atom. The predicted octanol–water partition coefficient (Wildman–Crippen LogP) is 0.423. The zero-order valence-corrected chi connectivity index (χ0v) is 12.4. The Bertz CT molecular complexity index is 580. The van der Waals surface area contributed by atoms with Gasteiger partial charge >= 0.3 is 0 Å². The zero-order valence-electron chi connectivity index (χ0n) is 12.4. The summed E-state index contributed by atoms with van der Waals surface area (Å²) in [5.41, 5.74) is 0.353. The first kappa shape index (κ1) is 14.7. The molecule has 3 rings (SSSR count). The van der Waals surface area contributed by atoms with Crippen LogP contribution in [0, 0.1) is 17.2 Å². The van der Waals surface area contributed by atoms with Crippen molar-refractivity contribution in [1.29, 1.82) is 5.26 Å². The molecule has 1 aromatic rings. The third-order valence-electron chi connectivity index (χ3n) is 4.13. The predicted molar refractivity (Wildman–Crippen MR) is 79.1 cm³/mol. The molecule has 0 N–H and O–H groups in total. The van der Waals surface area contributed by atoms with Crippen molar-refractivity contribution < 1.29 is 9.53 Å². The molecule has 0 aromatic carbocycles. The standard InChI is InChI=1S/C15H19N5O2/c16-10-13-3-4-17-15(18-13)20-5-1-2-12(11-20)14(21)19-6-8-22-9-7-19/h3-4,12H,1-2,5-9,11H2. The molecule has 0 radical (unpaired) electrons. The van der Waals surface area contributed by atoms with E-state index in [1.165, 1.54) is 0 Å². The number of rotatable bonds is 2. The molecular formula is C15H19N5O2. The maximum atomic E-state index is 12.6. The number of ether oxygens (including phenoxy) is 1. The van der Waals surface area contributed by atoms with Crippen molar-refractivity contribution in [3.63, 3.8) is 0 Å². The number of nitrogens with zero attached hydrogens (tertiary/aromatic N) is 5. The monoisotopic (exact) mass is 301 g/mol. The lowest BCUT2D eigenvalue weighted by Crippen LogP contribution is -2.48. The first-order chi connectivity index (χ1) is 10.8. The smallest absolute Gasteiger partial charge is 0.227 e. The third-order valence-corrected chi connectivity index (χ3v) is 4.13. The summed E-state index contributed by atoms with van der Waals surface area (Å²) in [6.07, 6.45) is 3.42. The summed E-state index contributed by atoms with van der Waals surface area (Å²) in [6.45, 7) is 4.03. The molecule has 1 atom stereocenters. The van der Waals surface area contributed by atoms with Crippen molar-refractivity contribution in [3.05, 3.63) is 18.0 Å². The van der Waals surface area contributed by atoms with Crippen LogP contribution < -0.4 is 4.90 Å². The van der Waals surface area contributed by atoms with Crippen LogP contribution in [0.5, 0.6) is 0 Å². The molecule has 1 unspecified atom stereocenters. The van der Waals surface area contributed by atoms with Gasteiger partial charge in [0.1, 0.15) is 11.8 Å². The van der Waals surface area contributed by atoms with Gasteiger partial charge in [0.2, 0.25) is 11.9 Å². The van der Waals surface area contributed by atoms with Gasteiger partial charge in [0.25, 0.3) is 0 Å². The van der Waals surface area contributed by atoms with Crippen molar-refractivity contribution in [3.8, 4) is 6.07 Å². The van der Waals surface area contributed by atoms with Gasteiger partial charge in [-0.15, -0.1) is 0 Å². The fraction of sp³-hybridized carbons (Fsp3) is 0.600. The molecule has 7 heteroatoms. The molecule has 22 heavy (non-hydrogen) atoms. The Morgan fingerprint density at radius 3 is 2.95 bits per heavy atom. The Morgan fingerprint density at radius 2 is 2.18 bits per heavy atom. The highest BCUT2D eigenvalue weighted by atomic mass is 16.5. The van der Waals surface area contributed by atoms with Gasteiger partial charge in [0.15, 0.2) is 0 Å². The van der Waals surface area contributed by atoms with E-state index in [0.29, 0.717) is 44.5 Å². The van der Waals surface area contributed by atoms with E-state index in [0.717, 1.165) is 19.4 Å². The Hall–Kier alpha value is -2.20. The summed E-state index contributed by atoms with van der Waals surface area (Å²) in [7, 11) is 0. The second kappa shape index (κ2) is 6.71. The summed E-state index contributed by atoms with van der Waals surface area (Å²) in [4.78, 5) is 25.0. The lowest BCUT2D eigenvalue weighted by atomic mass is 9.96. The van der Waals surface area contributed by atoms with Crippen molar-refractivity contribution in [1.82, 2.24) is 14.9 Å². The average molecular weight is 301 g/mol. The van der Waals surface area contributed by atoms with Crippen LogP contribution in [0.1, 0.15) is 18.5 Å². The lowest BCUT2D eigenvalue weighted by Gasteiger charge is -2.36. The molecule has 2 aliphatic rings. The summed E-state index contributed by atoms with van der Waals surface area (Å²) >= 11 is 0. The molecule has 7 nitrogen and oxygen atoms in total. The van der Waals surface area contributed by atoms with E-state index in [4.69, 9.17) is 10.00 Å². The van der Waals surface area contributed by atoms with E-state index >= 15 is 0 Å². The van der Waals surface area contributed by atoms with E-state index in [9.17, 15) is 4.79 Å². The molecule has 0 bridgehead atoms. The molecule has 2 aliphatic heterocycles. The quantitative estimate of drug-likeness (QED) is 0.787. The van der Waals surface area contributed by atoms with Crippen LogP contribution in [0.15, 0.2) is 12.3 Å². The van der Waals surface area contributed by atoms with E-state index in [1.54, 1.807) is 12.3 Å². The zero-order chi connectivity index (χ0) is 15.4.